The molecule has 6 heteroatoms. The molecule has 2 aromatic rings. The lowest BCUT2D eigenvalue weighted by Gasteiger charge is -2.21. The quantitative estimate of drug-likeness (QED) is 0.928. The molecule has 1 heterocycles. The molecule has 0 unspecified atom stereocenters. The molecule has 0 spiro atoms. The van der Waals surface area contributed by atoms with E-state index in [1.165, 1.54) is 0 Å². The van der Waals surface area contributed by atoms with Gasteiger partial charge < -0.3 is 15.0 Å². The van der Waals surface area contributed by atoms with Gasteiger partial charge in [0.2, 0.25) is 11.7 Å². The summed E-state index contributed by atoms with van der Waals surface area (Å²) in [6.45, 7) is 6.65. The van der Waals surface area contributed by atoms with E-state index >= 15 is 0 Å². The van der Waals surface area contributed by atoms with E-state index in [9.17, 15) is 0 Å². The van der Waals surface area contributed by atoms with Crippen LogP contribution in [0.2, 0.25) is 0 Å². The number of benzene rings is 1. The third kappa shape index (κ3) is 2.86. The van der Waals surface area contributed by atoms with Crippen molar-refractivity contribution in [3.63, 3.8) is 0 Å². The number of rotatable bonds is 3. The molecule has 108 valence electrons. The van der Waals surface area contributed by atoms with Crippen LogP contribution in [0.5, 0.6) is 5.75 Å². The molecule has 0 aliphatic carbocycles. The summed E-state index contributed by atoms with van der Waals surface area (Å²) in [5.41, 5.74) is 7.45. The Morgan fingerprint density at radius 2 is 2.05 bits per heavy atom. The Kier molecular flexibility index (Phi) is 4.15. The summed E-state index contributed by atoms with van der Waals surface area (Å²) < 4.78 is 11.4. The minimum atomic E-state index is 0.00394. The van der Waals surface area contributed by atoms with E-state index in [2.05, 4.69) is 46.8 Å². The topological polar surface area (TPSA) is 74.2 Å². The van der Waals surface area contributed by atoms with Crippen LogP contribution in [0.4, 0.5) is 0 Å². The molecule has 5 nitrogen and oxygen atoms in total. The molecule has 2 N–H and O–H groups in total. The zero-order chi connectivity index (χ0) is 14.9. The summed E-state index contributed by atoms with van der Waals surface area (Å²) >= 11 is 3.54. The van der Waals surface area contributed by atoms with Gasteiger partial charge in [0.15, 0.2) is 0 Å². The van der Waals surface area contributed by atoms with Crippen LogP contribution < -0.4 is 10.5 Å². The molecular weight excluding hydrogens is 322 g/mol. The fourth-order valence-electron chi connectivity index (χ4n) is 1.85. The molecule has 0 aliphatic heterocycles. The summed E-state index contributed by atoms with van der Waals surface area (Å²) in [5, 5.41) is 3.96. The van der Waals surface area contributed by atoms with E-state index in [0.717, 1.165) is 15.6 Å². The van der Waals surface area contributed by atoms with Gasteiger partial charge in [-0.2, -0.15) is 4.98 Å². The zero-order valence-electron chi connectivity index (χ0n) is 12.0. The average molecular weight is 340 g/mol. The van der Waals surface area contributed by atoms with Crippen molar-refractivity contribution in [1.29, 1.82) is 0 Å². The van der Waals surface area contributed by atoms with Gasteiger partial charge >= 0.3 is 0 Å². The molecule has 0 saturated carbocycles. The minimum absolute atomic E-state index is 0.00394. The number of nitrogens with zero attached hydrogens (tertiary/aromatic N) is 2. The lowest BCUT2D eigenvalue weighted by Crippen LogP contribution is -2.11. The Bertz CT molecular complexity index is 617. The van der Waals surface area contributed by atoms with Crippen LogP contribution in [0.15, 0.2) is 21.1 Å². The highest BCUT2D eigenvalue weighted by Gasteiger charge is 2.21. The van der Waals surface area contributed by atoms with E-state index in [1.807, 2.05) is 12.1 Å². The molecule has 0 saturated heterocycles. The second-order valence-corrected chi connectivity index (χ2v) is 6.36. The second-order valence-electron chi connectivity index (χ2n) is 5.50. The molecule has 2 rings (SSSR count). The summed E-state index contributed by atoms with van der Waals surface area (Å²) in [6.07, 6.45) is 0. The van der Waals surface area contributed by atoms with Crippen molar-refractivity contribution in [2.45, 2.75) is 32.7 Å². The van der Waals surface area contributed by atoms with Gasteiger partial charge in [0.05, 0.1) is 23.7 Å². The van der Waals surface area contributed by atoms with E-state index in [1.54, 1.807) is 7.11 Å². The van der Waals surface area contributed by atoms with Gasteiger partial charge in [-0.05, 0) is 39.0 Å². The molecule has 1 aromatic carbocycles. The first-order valence-electron chi connectivity index (χ1n) is 6.28. The van der Waals surface area contributed by atoms with E-state index in [4.69, 9.17) is 15.0 Å². The Balaban J connectivity index is 2.63. The lowest BCUT2D eigenvalue weighted by atomic mass is 9.86. The van der Waals surface area contributed by atoms with E-state index in [0.29, 0.717) is 17.5 Å². The highest BCUT2D eigenvalue weighted by Crippen LogP contribution is 2.39. The first kappa shape index (κ1) is 15.0. The molecule has 0 amide bonds. The maximum Gasteiger partial charge on any atom is 0.240 e. The van der Waals surface area contributed by atoms with Crippen LogP contribution in [0.25, 0.3) is 11.4 Å². The SMILES string of the molecule is COc1c(Br)cc(C(C)(C)C)cc1-c1noc(CN)n1. The van der Waals surface area contributed by atoms with Gasteiger partial charge in [0.25, 0.3) is 0 Å². The van der Waals surface area contributed by atoms with Crippen LogP contribution in [0.3, 0.4) is 0 Å². The van der Waals surface area contributed by atoms with Gasteiger partial charge in [-0.25, -0.2) is 0 Å². The van der Waals surface area contributed by atoms with Crippen LogP contribution in [-0.4, -0.2) is 17.3 Å². The smallest absolute Gasteiger partial charge is 0.240 e. The average Bonchev–Trinajstić information content (AvgIpc) is 2.85. The van der Waals surface area contributed by atoms with Crippen molar-refractivity contribution in [2.24, 2.45) is 5.73 Å². The Labute approximate surface area is 126 Å². The van der Waals surface area contributed by atoms with Crippen LogP contribution in [-0.2, 0) is 12.0 Å². The predicted octanol–water partition coefficient (Wildman–Crippen LogP) is 3.26. The number of ether oxygens (including phenoxy) is 1. The van der Waals surface area contributed by atoms with Gasteiger partial charge in [-0.1, -0.05) is 25.9 Å². The van der Waals surface area contributed by atoms with Crippen molar-refractivity contribution < 1.29 is 9.26 Å². The van der Waals surface area contributed by atoms with E-state index < -0.39 is 0 Å². The first-order chi connectivity index (χ1) is 9.36. The summed E-state index contributed by atoms with van der Waals surface area (Å²) in [6, 6.07) is 4.07. The molecule has 0 atom stereocenters. The van der Waals surface area contributed by atoms with Crippen molar-refractivity contribution in [3.8, 4) is 17.1 Å². The van der Waals surface area contributed by atoms with Gasteiger partial charge in [0, 0.05) is 0 Å². The van der Waals surface area contributed by atoms with Crippen molar-refractivity contribution >= 4 is 15.9 Å². The molecular formula is C14H18BrN3O2. The third-order valence-electron chi connectivity index (χ3n) is 3.00. The fourth-order valence-corrected chi connectivity index (χ4v) is 2.47. The lowest BCUT2D eigenvalue weighted by molar-refractivity contribution is 0.379. The number of hydrogen-bond acceptors (Lipinski definition) is 5. The molecule has 0 aliphatic rings. The van der Waals surface area contributed by atoms with Crippen molar-refractivity contribution in [2.75, 3.05) is 7.11 Å². The Hall–Kier alpha value is -1.40. The number of hydrogen-bond donors (Lipinski definition) is 1. The molecule has 0 bridgehead atoms. The summed E-state index contributed by atoms with van der Waals surface area (Å²) in [7, 11) is 1.62. The Morgan fingerprint density at radius 1 is 1.35 bits per heavy atom. The fraction of sp³-hybridized carbons (Fsp3) is 0.429. The maximum atomic E-state index is 5.50. The van der Waals surface area contributed by atoms with Crippen molar-refractivity contribution in [1.82, 2.24) is 10.1 Å². The summed E-state index contributed by atoms with van der Waals surface area (Å²) in [4.78, 5) is 4.27. The second kappa shape index (κ2) is 5.54. The van der Waals surface area contributed by atoms with Crippen LogP contribution in [0, 0.1) is 0 Å². The summed E-state index contributed by atoms with van der Waals surface area (Å²) in [5.74, 6) is 1.57. The number of nitrogens with two attached hydrogens (primary N) is 1. The number of methoxy groups -OCH3 is 1. The minimum Gasteiger partial charge on any atom is -0.495 e. The molecule has 20 heavy (non-hydrogen) atoms. The monoisotopic (exact) mass is 339 g/mol. The Morgan fingerprint density at radius 3 is 2.55 bits per heavy atom. The van der Waals surface area contributed by atoms with Crippen molar-refractivity contribution in [3.05, 3.63) is 28.1 Å². The first-order valence-corrected chi connectivity index (χ1v) is 7.07. The predicted molar refractivity (Wildman–Crippen MR) is 80.6 cm³/mol. The van der Waals surface area contributed by atoms with Gasteiger partial charge in [-0.15, -0.1) is 0 Å². The van der Waals surface area contributed by atoms with E-state index in [-0.39, 0.29) is 12.0 Å². The van der Waals surface area contributed by atoms with Crippen LogP contribution in [0.1, 0.15) is 32.2 Å². The zero-order valence-corrected chi connectivity index (χ0v) is 13.6. The number of halogens is 1. The highest BCUT2D eigenvalue weighted by atomic mass is 79.9. The van der Waals surface area contributed by atoms with Crippen LogP contribution >= 0.6 is 15.9 Å². The van der Waals surface area contributed by atoms with Gasteiger partial charge in [0.1, 0.15) is 5.75 Å². The third-order valence-corrected chi connectivity index (χ3v) is 3.59. The maximum absolute atomic E-state index is 5.50. The largest absolute Gasteiger partial charge is 0.495 e. The number of aromatic nitrogens is 2. The van der Waals surface area contributed by atoms with Gasteiger partial charge in [-0.3, -0.25) is 0 Å². The molecule has 1 aromatic heterocycles. The highest BCUT2D eigenvalue weighted by molar-refractivity contribution is 9.10. The molecule has 0 fully saturated rings. The standard InChI is InChI=1S/C14H18BrN3O2/c1-14(2,3)8-5-9(12(19-4)10(15)6-8)13-17-11(7-16)20-18-13/h5-6H,7,16H2,1-4H3. The normalized spacial score (nSPS) is 11.7. The molecule has 0 radical (unpaired) electrons.